The third-order valence-corrected chi connectivity index (χ3v) is 6.77. The van der Waals surface area contributed by atoms with Crippen molar-refractivity contribution in [3.8, 4) is 0 Å². The van der Waals surface area contributed by atoms with E-state index < -0.39 is 0 Å². The summed E-state index contributed by atoms with van der Waals surface area (Å²) >= 11 is 0. The van der Waals surface area contributed by atoms with E-state index in [1.807, 2.05) is 12.1 Å². The summed E-state index contributed by atoms with van der Waals surface area (Å²) in [6, 6.07) is 11.7. The molecule has 2 aromatic heterocycles. The maximum Gasteiger partial charge on any atom is 0.252 e. The predicted octanol–water partition coefficient (Wildman–Crippen LogP) is 3.56. The van der Waals surface area contributed by atoms with Crippen LogP contribution in [0.5, 0.6) is 0 Å². The van der Waals surface area contributed by atoms with Crippen molar-refractivity contribution in [1.29, 1.82) is 0 Å². The third kappa shape index (κ3) is 4.66. The summed E-state index contributed by atoms with van der Waals surface area (Å²) in [5.41, 5.74) is 2.68. The summed E-state index contributed by atoms with van der Waals surface area (Å²) in [4.78, 5) is 37.6. The van der Waals surface area contributed by atoms with E-state index >= 15 is 0 Å². The van der Waals surface area contributed by atoms with Crippen LogP contribution in [0.3, 0.4) is 0 Å². The number of piperidine rings is 1. The molecule has 1 N–H and O–H groups in total. The molecule has 5 rings (SSSR count). The van der Waals surface area contributed by atoms with Crippen molar-refractivity contribution in [1.82, 2.24) is 19.4 Å². The Morgan fingerprint density at radius 2 is 1.85 bits per heavy atom. The van der Waals surface area contributed by atoms with E-state index in [9.17, 15) is 9.59 Å². The monoisotopic (exact) mass is 458 g/mol. The van der Waals surface area contributed by atoms with Gasteiger partial charge in [-0.25, -0.2) is 4.98 Å². The van der Waals surface area contributed by atoms with Crippen LogP contribution >= 0.6 is 0 Å². The van der Waals surface area contributed by atoms with Gasteiger partial charge in [-0.3, -0.25) is 14.2 Å². The fourth-order valence-electron chi connectivity index (χ4n) is 4.76. The number of carbonyl (C=O) groups is 1. The Labute approximate surface area is 198 Å². The lowest BCUT2D eigenvalue weighted by Crippen LogP contribution is -2.49. The highest BCUT2D eigenvalue weighted by molar-refractivity contribution is 5.87. The van der Waals surface area contributed by atoms with Crippen LogP contribution in [0.2, 0.25) is 0 Å². The van der Waals surface area contributed by atoms with E-state index in [1.165, 1.54) is 31.0 Å². The van der Waals surface area contributed by atoms with Crippen LogP contribution in [0, 0.1) is 5.92 Å². The molecular weight excluding hydrogens is 428 g/mol. The van der Waals surface area contributed by atoms with Crippen LogP contribution in [0.4, 0.5) is 17.3 Å². The second-order valence-corrected chi connectivity index (χ2v) is 9.12. The Morgan fingerprint density at radius 3 is 2.59 bits per heavy atom. The molecule has 0 aliphatic carbocycles. The number of rotatable bonds is 7. The van der Waals surface area contributed by atoms with Gasteiger partial charge in [-0.1, -0.05) is 6.58 Å². The van der Waals surface area contributed by atoms with Gasteiger partial charge in [-0.15, -0.1) is 0 Å². The van der Waals surface area contributed by atoms with Crippen molar-refractivity contribution >= 4 is 34.3 Å². The lowest BCUT2D eigenvalue weighted by molar-refractivity contribution is -0.132. The number of benzene rings is 1. The lowest BCUT2D eigenvalue weighted by atomic mass is 9.96. The van der Waals surface area contributed by atoms with Gasteiger partial charge in [0, 0.05) is 61.7 Å². The number of hydrogen-bond acceptors (Lipinski definition) is 6. The minimum Gasteiger partial charge on any atom is -0.372 e. The second kappa shape index (κ2) is 9.67. The number of aryl methyl sites for hydroxylation is 1. The van der Waals surface area contributed by atoms with Gasteiger partial charge in [0.15, 0.2) is 0 Å². The quantitative estimate of drug-likeness (QED) is 0.545. The predicted molar refractivity (Wildman–Crippen MR) is 134 cm³/mol. The number of nitrogens with one attached hydrogen (secondary N) is 1. The van der Waals surface area contributed by atoms with Gasteiger partial charge >= 0.3 is 0 Å². The first-order chi connectivity index (χ1) is 16.6. The molecule has 0 saturated carbocycles. The summed E-state index contributed by atoms with van der Waals surface area (Å²) in [5, 5.41) is 4.10. The van der Waals surface area contributed by atoms with Crippen molar-refractivity contribution in [2.75, 3.05) is 36.4 Å². The Morgan fingerprint density at radius 1 is 1.09 bits per heavy atom. The zero-order valence-corrected chi connectivity index (χ0v) is 19.3. The zero-order chi connectivity index (χ0) is 23.5. The number of likely N-dealkylation sites (tertiary alicyclic amines) is 1. The van der Waals surface area contributed by atoms with Gasteiger partial charge in [-0.2, -0.15) is 4.98 Å². The molecule has 1 amide bonds. The fraction of sp³-hybridized carbons (Fsp3) is 0.385. The SMILES string of the molecule is C=CC(=O)N1CC(CCn2c(=O)ccc3cnc(Nc4ccc(N5CCCCC5)cc4)nc32)C1. The molecule has 0 bridgehead atoms. The highest BCUT2D eigenvalue weighted by Crippen LogP contribution is 2.24. The Balaban J connectivity index is 1.29. The number of amides is 1. The van der Waals surface area contributed by atoms with Crippen LogP contribution < -0.4 is 15.8 Å². The van der Waals surface area contributed by atoms with Crippen molar-refractivity contribution in [3.63, 3.8) is 0 Å². The van der Waals surface area contributed by atoms with Crippen LogP contribution in [-0.4, -0.2) is 51.5 Å². The molecule has 8 nitrogen and oxygen atoms in total. The Kier molecular flexibility index (Phi) is 6.29. The van der Waals surface area contributed by atoms with Gasteiger partial charge < -0.3 is 15.1 Å². The first kappa shape index (κ1) is 22.1. The summed E-state index contributed by atoms with van der Waals surface area (Å²) in [7, 11) is 0. The van der Waals surface area contributed by atoms with Gasteiger partial charge in [0.2, 0.25) is 11.9 Å². The molecule has 2 saturated heterocycles. The lowest BCUT2D eigenvalue weighted by Gasteiger charge is -2.38. The molecule has 8 heteroatoms. The van der Waals surface area contributed by atoms with Gasteiger partial charge in [0.1, 0.15) is 5.65 Å². The Hall–Kier alpha value is -3.68. The maximum absolute atomic E-state index is 12.6. The first-order valence-electron chi connectivity index (χ1n) is 12.0. The molecule has 2 aliphatic rings. The fourth-order valence-corrected chi connectivity index (χ4v) is 4.76. The number of fused-ring (bicyclic) bond motifs is 1. The molecule has 0 unspecified atom stereocenters. The van der Waals surface area contributed by atoms with E-state index in [0.29, 0.717) is 37.1 Å². The molecule has 0 radical (unpaired) electrons. The normalized spacial score (nSPS) is 16.4. The van der Waals surface area contributed by atoms with Crippen LogP contribution in [-0.2, 0) is 11.3 Å². The average Bonchev–Trinajstić information content (AvgIpc) is 2.85. The first-order valence-corrected chi connectivity index (χ1v) is 12.0. The highest BCUT2D eigenvalue weighted by atomic mass is 16.2. The van der Waals surface area contributed by atoms with Gasteiger partial charge in [0.25, 0.3) is 5.56 Å². The Bertz CT molecular complexity index is 1240. The average molecular weight is 459 g/mol. The van der Waals surface area contributed by atoms with E-state index in [4.69, 9.17) is 0 Å². The second-order valence-electron chi connectivity index (χ2n) is 9.12. The smallest absolute Gasteiger partial charge is 0.252 e. The summed E-state index contributed by atoms with van der Waals surface area (Å²) in [5.74, 6) is 0.805. The van der Waals surface area contributed by atoms with Crippen LogP contribution in [0.25, 0.3) is 11.0 Å². The minimum atomic E-state index is -0.0821. The maximum atomic E-state index is 12.6. The van der Waals surface area contributed by atoms with Crippen molar-refractivity contribution in [2.24, 2.45) is 5.92 Å². The summed E-state index contributed by atoms with van der Waals surface area (Å²) in [6.07, 6.45) is 7.71. The number of pyridine rings is 1. The number of aromatic nitrogens is 3. The molecule has 2 fully saturated rings. The molecule has 1 aromatic carbocycles. The van der Waals surface area contributed by atoms with Crippen molar-refractivity contribution in [2.45, 2.75) is 32.2 Å². The van der Waals surface area contributed by atoms with E-state index in [2.05, 4.69) is 38.9 Å². The zero-order valence-electron chi connectivity index (χ0n) is 19.3. The number of hydrogen-bond donors (Lipinski definition) is 1. The van der Waals surface area contributed by atoms with E-state index in [-0.39, 0.29) is 11.5 Å². The molecule has 3 aromatic rings. The number of carbonyl (C=O) groups excluding carboxylic acids is 1. The standard InChI is InChI=1S/C26H30N6O2/c1-2-23(33)31-17-19(18-31)12-15-32-24(34)11-6-20-16-27-26(29-25(20)32)28-21-7-9-22(10-8-21)30-13-4-3-5-14-30/h2,6-11,16,19H,1,3-5,12-15,17-18H2,(H,27,28,29). The number of nitrogens with zero attached hydrogens (tertiary/aromatic N) is 5. The number of anilines is 3. The molecule has 176 valence electrons. The van der Waals surface area contributed by atoms with Gasteiger partial charge in [0.05, 0.1) is 0 Å². The largest absolute Gasteiger partial charge is 0.372 e. The minimum absolute atomic E-state index is 0.0361. The molecule has 0 atom stereocenters. The van der Waals surface area contributed by atoms with E-state index in [1.54, 1.807) is 27.8 Å². The molecule has 2 aliphatic heterocycles. The van der Waals surface area contributed by atoms with Crippen molar-refractivity contribution < 1.29 is 4.79 Å². The van der Waals surface area contributed by atoms with Gasteiger partial charge in [-0.05, 0) is 68.0 Å². The third-order valence-electron chi connectivity index (χ3n) is 6.77. The summed E-state index contributed by atoms with van der Waals surface area (Å²) in [6.45, 7) is 7.73. The molecule has 0 spiro atoms. The van der Waals surface area contributed by atoms with Crippen LogP contribution in [0.1, 0.15) is 25.7 Å². The molecular formula is C26H30N6O2. The van der Waals surface area contributed by atoms with Crippen molar-refractivity contribution in [3.05, 3.63) is 65.6 Å². The highest BCUT2D eigenvalue weighted by Gasteiger charge is 2.29. The summed E-state index contributed by atoms with van der Waals surface area (Å²) < 4.78 is 1.71. The molecule has 4 heterocycles. The van der Waals surface area contributed by atoms with Crippen LogP contribution in [0.15, 0.2) is 60.0 Å². The molecule has 34 heavy (non-hydrogen) atoms. The topological polar surface area (TPSA) is 83.4 Å². The van der Waals surface area contributed by atoms with E-state index in [0.717, 1.165) is 30.6 Å².